The molecule has 2 amide bonds. The molecule has 2 heterocycles. The number of morpholine rings is 1. The standard InChI is InChI=1S/C29H35N5O4S/c1-2-23-19-38-17-16-34(23)26-18-25(29(14-15-29)39(36,37)24-6-4-3-5-7-24)32-27(33-26)20-8-10-21(11-9-20)30-28(35)31-22-12-13-22/h3-11,18,22-23,36-37H,2,12-17,19H2,1H3,(H2,30,31,35)/t23-/m0/s1. The fourth-order valence-corrected chi connectivity index (χ4v) is 7.21. The van der Waals surface area contributed by atoms with Crippen LogP contribution < -0.4 is 15.5 Å². The van der Waals surface area contributed by atoms with Gasteiger partial charge in [0.05, 0.1) is 29.8 Å². The minimum atomic E-state index is -3.16. The van der Waals surface area contributed by atoms with Crippen molar-refractivity contribution in [1.82, 2.24) is 15.3 Å². The molecule has 0 radical (unpaired) electrons. The molecule has 10 heteroatoms. The minimum absolute atomic E-state index is 0.176. The summed E-state index contributed by atoms with van der Waals surface area (Å²) in [4.78, 5) is 24.9. The molecule has 6 rings (SSSR count). The van der Waals surface area contributed by atoms with Gasteiger partial charge in [-0.1, -0.05) is 25.1 Å². The second kappa shape index (κ2) is 10.4. The summed E-state index contributed by atoms with van der Waals surface area (Å²) in [7, 11) is -3.16. The lowest BCUT2D eigenvalue weighted by Crippen LogP contribution is -2.45. The maximum atomic E-state index is 12.2. The molecule has 3 aliphatic rings. The fraction of sp³-hybridized carbons (Fsp3) is 0.414. The quantitative estimate of drug-likeness (QED) is 0.279. The van der Waals surface area contributed by atoms with E-state index in [9.17, 15) is 13.9 Å². The topological polar surface area (TPSA) is 120 Å². The van der Waals surface area contributed by atoms with Gasteiger partial charge in [-0.25, -0.2) is 14.8 Å². The van der Waals surface area contributed by atoms with Crippen LogP contribution in [-0.4, -0.2) is 56.9 Å². The first-order valence-electron chi connectivity index (χ1n) is 13.6. The van der Waals surface area contributed by atoms with Gasteiger partial charge in [0, 0.05) is 29.9 Å². The minimum Gasteiger partial charge on any atom is -0.377 e. The van der Waals surface area contributed by atoms with Gasteiger partial charge in [0.1, 0.15) is 10.6 Å². The first-order valence-corrected chi connectivity index (χ1v) is 15.2. The number of nitrogens with zero attached hydrogens (tertiary/aromatic N) is 3. The molecule has 9 nitrogen and oxygen atoms in total. The van der Waals surface area contributed by atoms with Crippen molar-refractivity contribution in [2.45, 2.75) is 60.8 Å². The maximum absolute atomic E-state index is 12.2. The number of amides is 2. The van der Waals surface area contributed by atoms with Gasteiger partial charge >= 0.3 is 6.03 Å². The van der Waals surface area contributed by atoms with Crippen molar-refractivity contribution in [3.63, 3.8) is 0 Å². The van der Waals surface area contributed by atoms with Crippen LogP contribution in [0.4, 0.5) is 16.3 Å². The van der Waals surface area contributed by atoms with Crippen LogP contribution in [0, 0.1) is 0 Å². The molecule has 3 aromatic rings. The molecule has 1 aromatic heterocycles. The zero-order valence-corrected chi connectivity index (χ0v) is 22.9. The van der Waals surface area contributed by atoms with Gasteiger partial charge < -0.3 is 20.3 Å². The number of hydrogen-bond donors (Lipinski definition) is 4. The summed E-state index contributed by atoms with van der Waals surface area (Å²) >= 11 is 0. The van der Waals surface area contributed by atoms with E-state index in [-0.39, 0.29) is 18.1 Å². The lowest BCUT2D eigenvalue weighted by atomic mass is 10.1. The van der Waals surface area contributed by atoms with Crippen molar-refractivity contribution in [3.8, 4) is 11.4 Å². The summed E-state index contributed by atoms with van der Waals surface area (Å²) in [6.07, 6.45) is 4.24. The Bertz CT molecular complexity index is 1330. The third-order valence-corrected chi connectivity index (χ3v) is 10.4. The van der Waals surface area contributed by atoms with Gasteiger partial charge in [-0.05, 0) is 68.5 Å². The van der Waals surface area contributed by atoms with Gasteiger partial charge in [0.25, 0.3) is 0 Å². The number of aromatic nitrogens is 2. The highest BCUT2D eigenvalue weighted by Gasteiger charge is 2.57. The van der Waals surface area contributed by atoms with Crippen LogP contribution in [0.25, 0.3) is 11.4 Å². The summed E-state index contributed by atoms with van der Waals surface area (Å²) in [6.45, 7) is 4.07. The van der Waals surface area contributed by atoms with Crippen molar-refractivity contribution in [2.75, 3.05) is 30.0 Å². The molecule has 2 aliphatic carbocycles. The van der Waals surface area contributed by atoms with Gasteiger partial charge in [-0.3, -0.25) is 9.11 Å². The van der Waals surface area contributed by atoms with E-state index in [4.69, 9.17) is 14.7 Å². The largest absolute Gasteiger partial charge is 0.377 e. The Morgan fingerprint density at radius 1 is 1.10 bits per heavy atom. The van der Waals surface area contributed by atoms with Crippen molar-refractivity contribution >= 4 is 28.1 Å². The van der Waals surface area contributed by atoms with Crippen molar-refractivity contribution < 1.29 is 18.6 Å². The highest BCUT2D eigenvalue weighted by Crippen LogP contribution is 2.75. The molecule has 2 saturated carbocycles. The summed E-state index contributed by atoms with van der Waals surface area (Å²) in [6, 6.07) is 18.7. The van der Waals surface area contributed by atoms with E-state index >= 15 is 0 Å². The van der Waals surface area contributed by atoms with Crippen molar-refractivity contribution in [3.05, 3.63) is 66.4 Å². The summed E-state index contributed by atoms with van der Waals surface area (Å²) < 4.78 is 28.0. The zero-order valence-electron chi connectivity index (χ0n) is 22.0. The SMILES string of the molecule is CC[C@H]1COCCN1c1cc(C2(S(O)(O)c3ccccc3)CC2)nc(-c2ccc(NC(=O)NC3CC3)cc2)n1. The number of urea groups is 1. The molecular weight excluding hydrogens is 514 g/mol. The molecule has 0 unspecified atom stereocenters. The molecular formula is C29H35N5O4S. The second-order valence-electron chi connectivity index (χ2n) is 10.6. The Labute approximate surface area is 230 Å². The van der Waals surface area contributed by atoms with Gasteiger partial charge in [0.15, 0.2) is 5.82 Å². The Morgan fingerprint density at radius 3 is 2.51 bits per heavy atom. The molecule has 0 bridgehead atoms. The van der Waals surface area contributed by atoms with E-state index < -0.39 is 15.3 Å². The summed E-state index contributed by atoms with van der Waals surface area (Å²) in [5.74, 6) is 1.29. The van der Waals surface area contributed by atoms with Crippen molar-refractivity contribution in [1.29, 1.82) is 0 Å². The Kier molecular flexibility index (Phi) is 6.96. The number of nitrogens with one attached hydrogen (secondary N) is 2. The maximum Gasteiger partial charge on any atom is 0.319 e. The van der Waals surface area contributed by atoms with Crippen LogP contribution >= 0.6 is 10.6 Å². The molecule has 39 heavy (non-hydrogen) atoms. The predicted molar refractivity (Wildman–Crippen MR) is 153 cm³/mol. The number of benzene rings is 2. The van der Waals surface area contributed by atoms with Crippen LogP contribution in [0.1, 0.15) is 44.7 Å². The smallest absolute Gasteiger partial charge is 0.319 e. The highest BCUT2D eigenvalue weighted by molar-refractivity contribution is 8.25. The highest BCUT2D eigenvalue weighted by atomic mass is 32.3. The molecule has 206 valence electrons. The number of ether oxygens (including phenoxy) is 1. The van der Waals surface area contributed by atoms with E-state index in [2.05, 4.69) is 22.5 Å². The lowest BCUT2D eigenvalue weighted by Gasteiger charge is -2.41. The average molecular weight is 550 g/mol. The number of hydrogen-bond acceptors (Lipinski definition) is 7. The third-order valence-electron chi connectivity index (χ3n) is 7.81. The number of rotatable bonds is 8. The van der Waals surface area contributed by atoms with E-state index in [1.165, 1.54) is 0 Å². The molecule has 2 aromatic carbocycles. The van der Waals surface area contributed by atoms with Gasteiger partial charge in [-0.2, -0.15) is 10.6 Å². The molecule has 4 N–H and O–H groups in total. The summed E-state index contributed by atoms with van der Waals surface area (Å²) in [5.41, 5.74) is 2.13. The Balaban J connectivity index is 1.37. The molecule has 3 fully saturated rings. The van der Waals surface area contributed by atoms with Crippen LogP contribution in [0.5, 0.6) is 0 Å². The average Bonchev–Trinajstić information content (AvgIpc) is 3.90. The zero-order chi connectivity index (χ0) is 27.0. The fourth-order valence-electron chi connectivity index (χ4n) is 5.16. The van der Waals surface area contributed by atoms with Crippen LogP contribution in [0.15, 0.2) is 65.6 Å². The molecule has 1 atom stereocenters. The van der Waals surface area contributed by atoms with Gasteiger partial charge in [0.2, 0.25) is 0 Å². The molecule has 0 spiro atoms. The first-order chi connectivity index (χ1) is 18.9. The van der Waals surface area contributed by atoms with Crippen LogP contribution in [-0.2, 0) is 9.48 Å². The van der Waals surface area contributed by atoms with E-state index in [0.29, 0.717) is 54.7 Å². The normalized spacial score (nSPS) is 20.8. The first kappa shape index (κ1) is 26.1. The summed E-state index contributed by atoms with van der Waals surface area (Å²) in [5, 5.41) is 5.80. The second-order valence-corrected chi connectivity index (χ2v) is 12.9. The number of carbonyl (C=O) groups is 1. The Morgan fingerprint density at radius 2 is 1.85 bits per heavy atom. The van der Waals surface area contributed by atoms with Gasteiger partial charge in [-0.15, -0.1) is 0 Å². The van der Waals surface area contributed by atoms with Crippen LogP contribution in [0.2, 0.25) is 0 Å². The van der Waals surface area contributed by atoms with E-state index in [1.54, 1.807) is 12.1 Å². The number of carbonyl (C=O) groups excluding carboxylic acids is 1. The Hall–Kier alpha value is -3.18. The monoisotopic (exact) mass is 549 g/mol. The van der Waals surface area contributed by atoms with E-state index in [0.717, 1.165) is 30.6 Å². The van der Waals surface area contributed by atoms with Crippen LogP contribution in [0.3, 0.4) is 0 Å². The third kappa shape index (κ3) is 5.21. The van der Waals surface area contributed by atoms with E-state index in [1.807, 2.05) is 48.5 Å². The lowest BCUT2D eigenvalue weighted by molar-refractivity contribution is 0.0925. The number of anilines is 2. The molecule has 1 aliphatic heterocycles. The predicted octanol–water partition coefficient (Wildman–Crippen LogP) is 5.84. The van der Waals surface area contributed by atoms with Crippen molar-refractivity contribution in [2.24, 2.45) is 0 Å². The molecule has 1 saturated heterocycles.